The summed E-state index contributed by atoms with van der Waals surface area (Å²) in [5, 5.41) is 9.66. The van der Waals surface area contributed by atoms with Gasteiger partial charge in [0.25, 0.3) is 5.91 Å². The Balaban J connectivity index is 1.80. The predicted octanol–water partition coefficient (Wildman–Crippen LogP) is 3.60. The Bertz CT molecular complexity index is 919. The van der Waals surface area contributed by atoms with Crippen molar-refractivity contribution in [2.75, 3.05) is 20.8 Å². The normalized spacial score (nSPS) is 11.9. The van der Waals surface area contributed by atoms with E-state index in [0.717, 1.165) is 16.3 Å². The lowest BCUT2D eigenvalue weighted by Gasteiger charge is -2.19. The second kappa shape index (κ2) is 8.26. The summed E-state index contributed by atoms with van der Waals surface area (Å²) in [6, 6.07) is 11.2. The van der Waals surface area contributed by atoms with Gasteiger partial charge in [-0.2, -0.15) is 5.10 Å². The Morgan fingerprint density at radius 1 is 1.19 bits per heavy atom. The first-order chi connectivity index (χ1) is 13.0. The van der Waals surface area contributed by atoms with Gasteiger partial charge in [-0.05, 0) is 49.6 Å². The minimum absolute atomic E-state index is 0.0530. The van der Waals surface area contributed by atoms with Gasteiger partial charge in [-0.1, -0.05) is 6.07 Å². The minimum atomic E-state index is -0.168. The van der Waals surface area contributed by atoms with E-state index in [1.165, 1.54) is 0 Å². The van der Waals surface area contributed by atoms with Gasteiger partial charge in [0.2, 0.25) is 0 Å². The molecule has 1 atom stereocenters. The summed E-state index contributed by atoms with van der Waals surface area (Å²) in [4.78, 5) is 13.8. The highest BCUT2D eigenvalue weighted by atomic mass is 32.1. The number of amides is 1. The molecule has 0 aliphatic heterocycles. The summed E-state index contributed by atoms with van der Waals surface area (Å²) >= 11 is 1.65. The monoisotopic (exact) mass is 385 g/mol. The Morgan fingerprint density at radius 3 is 2.56 bits per heavy atom. The Kier molecular flexibility index (Phi) is 5.81. The van der Waals surface area contributed by atoms with Crippen LogP contribution >= 0.6 is 11.3 Å². The van der Waals surface area contributed by atoms with Crippen LogP contribution < -0.4 is 14.8 Å². The topological polar surface area (TPSA) is 65.4 Å². The van der Waals surface area contributed by atoms with Crippen molar-refractivity contribution in [2.24, 2.45) is 0 Å². The van der Waals surface area contributed by atoms with Crippen LogP contribution in [-0.2, 0) is 0 Å². The highest BCUT2D eigenvalue weighted by molar-refractivity contribution is 7.10. The maximum Gasteiger partial charge on any atom is 0.251 e. The van der Waals surface area contributed by atoms with Gasteiger partial charge >= 0.3 is 0 Å². The zero-order valence-corrected chi connectivity index (χ0v) is 16.7. The van der Waals surface area contributed by atoms with Crippen LogP contribution in [0.3, 0.4) is 0 Å². The summed E-state index contributed by atoms with van der Waals surface area (Å²) in [5.74, 6) is 0.950. The van der Waals surface area contributed by atoms with Crippen LogP contribution in [0.25, 0.3) is 0 Å². The molecule has 3 rings (SSSR count). The average molecular weight is 385 g/mol. The maximum atomic E-state index is 12.7. The van der Waals surface area contributed by atoms with Crippen LogP contribution in [-0.4, -0.2) is 36.5 Å². The molecular formula is C20H23N3O3S. The number of aromatic nitrogens is 2. The number of methoxy groups -OCH3 is 2. The maximum absolute atomic E-state index is 12.7. The number of carbonyl (C=O) groups excluding carboxylic acids is 1. The molecule has 0 saturated carbocycles. The molecule has 0 fully saturated rings. The van der Waals surface area contributed by atoms with Crippen LogP contribution in [0.2, 0.25) is 0 Å². The van der Waals surface area contributed by atoms with Crippen LogP contribution in [0.4, 0.5) is 0 Å². The van der Waals surface area contributed by atoms with Crippen molar-refractivity contribution in [3.8, 4) is 11.5 Å². The summed E-state index contributed by atoms with van der Waals surface area (Å²) < 4.78 is 12.5. The molecule has 0 bridgehead atoms. The Labute approximate surface area is 162 Å². The third kappa shape index (κ3) is 4.14. The first kappa shape index (κ1) is 19.0. The molecule has 0 saturated heterocycles. The van der Waals surface area contributed by atoms with Gasteiger partial charge in [0, 0.05) is 22.7 Å². The van der Waals surface area contributed by atoms with E-state index >= 15 is 0 Å². The molecule has 6 nitrogen and oxygen atoms in total. The molecule has 1 aromatic carbocycles. The van der Waals surface area contributed by atoms with Gasteiger partial charge in [0.1, 0.15) is 6.04 Å². The van der Waals surface area contributed by atoms with Gasteiger partial charge in [-0.15, -0.1) is 11.3 Å². The van der Waals surface area contributed by atoms with Gasteiger partial charge in [0.15, 0.2) is 11.5 Å². The molecule has 0 aliphatic rings. The smallest absolute Gasteiger partial charge is 0.251 e. The van der Waals surface area contributed by atoms with E-state index in [2.05, 4.69) is 16.5 Å². The summed E-state index contributed by atoms with van der Waals surface area (Å²) in [7, 11) is 3.12. The van der Waals surface area contributed by atoms with Crippen molar-refractivity contribution in [3.63, 3.8) is 0 Å². The molecule has 142 valence electrons. The lowest BCUT2D eigenvalue weighted by Crippen LogP contribution is -2.31. The SMILES string of the molecule is COc1ccc(C(=O)NCC(c2cccs2)n2nc(C)cc2C)cc1OC. The molecule has 0 radical (unpaired) electrons. The van der Waals surface area contributed by atoms with Crippen molar-refractivity contribution in [1.82, 2.24) is 15.1 Å². The Morgan fingerprint density at radius 2 is 1.96 bits per heavy atom. The van der Waals surface area contributed by atoms with Crippen LogP contribution in [0.15, 0.2) is 41.8 Å². The predicted molar refractivity (Wildman–Crippen MR) is 106 cm³/mol. The molecule has 1 unspecified atom stereocenters. The van der Waals surface area contributed by atoms with Gasteiger partial charge in [-0.3, -0.25) is 9.48 Å². The van der Waals surface area contributed by atoms with E-state index in [1.54, 1.807) is 43.8 Å². The van der Waals surface area contributed by atoms with Gasteiger partial charge in [0.05, 0.1) is 19.9 Å². The molecule has 27 heavy (non-hydrogen) atoms. The van der Waals surface area contributed by atoms with Crippen LogP contribution in [0.1, 0.15) is 32.7 Å². The van der Waals surface area contributed by atoms with Crippen molar-refractivity contribution in [1.29, 1.82) is 0 Å². The first-order valence-corrected chi connectivity index (χ1v) is 9.47. The molecule has 0 spiro atoms. The molecule has 1 amide bonds. The van der Waals surface area contributed by atoms with Crippen molar-refractivity contribution >= 4 is 17.2 Å². The van der Waals surface area contributed by atoms with Crippen molar-refractivity contribution in [2.45, 2.75) is 19.9 Å². The molecule has 2 aromatic heterocycles. The van der Waals surface area contributed by atoms with Gasteiger partial charge in [-0.25, -0.2) is 0 Å². The third-order valence-electron chi connectivity index (χ3n) is 4.31. The molecule has 7 heteroatoms. The molecular weight excluding hydrogens is 362 g/mol. The van der Waals surface area contributed by atoms with E-state index in [-0.39, 0.29) is 11.9 Å². The van der Waals surface area contributed by atoms with Crippen molar-refractivity contribution < 1.29 is 14.3 Å². The standard InChI is InChI=1S/C20H23N3O3S/c1-13-10-14(2)23(22-13)16(19-6-5-9-27-19)12-21-20(24)15-7-8-17(25-3)18(11-15)26-4/h5-11,16H,12H2,1-4H3,(H,21,24). The van der Waals surface area contributed by atoms with Crippen molar-refractivity contribution in [3.05, 3.63) is 63.6 Å². The fraction of sp³-hybridized carbons (Fsp3) is 0.300. The van der Waals surface area contributed by atoms with Crippen LogP contribution in [0.5, 0.6) is 11.5 Å². The highest BCUT2D eigenvalue weighted by Crippen LogP contribution is 2.28. The van der Waals surface area contributed by atoms with E-state index in [1.807, 2.05) is 36.0 Å². The lowest BCUT2D eigenvalue weighted by molar-refractivity contribution is 0.0949. The highest BCUT2D eigenvalue weighted by Gasteiger charge is 2.20. The second-order valence-electron chi connectivity index (χ2n) is 6.18. The number of hydrogen-bond acceptors (Lipinski definition) is 5. The fourth-order valence-corrected chi connectivity index (χ4v) is 3.83. The lowest BCUT2D eigenvalue weighted by atomic mass is 10.1. The number of aryl methyl sites for hydroxylation is 2. The third-order valence-corrected chi connectivity index (χ3v) is 5.29. The Hall–Kier alpha value is -2.80. The number of ether oxygens (including phenoxy) is 2. The number of carbonyl (C=O) groups is 1. The molecule has 3 aromatic rings. The number of benzene rings is 1. The quantitative estimate of drug-likeness (QED) is 0.675. The summed E-state index contributed by atoms with van der Waals surface area (Å²) in [6.45, 7) is 4.43. The van der Waals surface area contributed by atoms with E-state index in [9.17, 15) is 4.79 Å². The minimum Gasteiger partial charge on any atom is -0.493 e. The first-order valence-electron chi connectivity index (χ1n) is 8.60. The molecule has 1 N–H and O–H groups in total. The number of hydrogen-bond donors (Lipinski definition) is 1. The fourth-order valence-electron chi connectivity index (χ4n) is 3.02. The number of nitrogens with zero attached hydrogens (tertiary/aromatic N) is 2. The summed E-state index contributed by atoms with van der Waals surface area (Å²) in [6.07, 6.45) is 0. The molecule has 2 heterocycles. The van der Waals surface area contributed by atoms with E-state index in [0.29, 0.717) is 23.6 Å². The zero-order chi connectivity index (χ0) is 19.4. The number of thiophene rings is 1. The van der Waals surface area contributed by atoms with E-state index < -0.39 is 0 Å². The van der Waals surface area contributed by atoms with Gasteiger partial charge < -0.3 is 14.8 Å². The second-order valence-corrected chi connectivity index (χ2v) is 7.16. The van der Waals surface area contributed by atoms with E-state index in [4.69, 9.17) is 9.47 Å². The average Bonchev–Trinajstić information content (AvgIpc) is 3.31. The summed E-state index contributed by atoms with van der Waals surface area (Å²) in [5.41, 5.74) is 2.54. The zero-order valence-electron chi connectivity index (χ0n) is 15.9. The number of rotatable bonds is 7. The molecule has 0 aliphatic carbocycles. The largest absolute Gasteiger partial charge is 0.493 e. The van der Waals surface area contributed by atoms with Crippen LogP contribution in [0, 0.1) is 13.8 Å². The number of nitrogens with one attached hydrogen (secondary N) is 1.